The fraction of sp³-hybridized carbons (Fsp3) is 0.909. The molecule has 1 saturated carbocycles. The molecule has 4 nitrogen and oxygen atoms in total. The Labute approximate surface area is 92.0 Å². The molecule has 0 aromatic rings. The molecule has 4 heteroatoms. The molecule has 4 N–H and O–H groups in total. The summed E-state index contributed by atoms with van der Waals surface area (Å²) in [5.41, 5.74) is 4.96. The highest BCUT2D eigenvalue weighted by atomic mass is 16.3. The third kappa shape index (κ3) is 4.51. The van der Waals surface area contributed by atoms with Crippen molar-refractivity contribution in [1.82, 2.24) is 5.32 Å². The van der Waals surface area contributed by atoms with Crippen molar-refractivity contribution in [2.24, 2.45) is 16.6 Å². The Morgan fingerprint density at radius 1 is 1.60 bits per heavy atom. The lowest BCUT2D eigenvalue weighted by Gasteiger charge is -2.25. The lowest BCUT2D eigenvalue weighted by atomic mass is 9.85. The van der Waals surface area contributed by atoms with Crippen LogP contribution in [0.15, 0.2) is 4.99 Å². The first-order valence-corrected chi connectivity index (χ1v) is 5.79. The van der Waals surface area contributed by atoms with E-state index in [1.54, 1.807) is 6.92 Å². The van der Waals surface area contributed by atoms with Crippen LogP contribution >= 0.6 is 0 Å². The molecule has 15 heavy (non-hydrogen) atoms. The summed E-state index contributed by atoms with van der Waals surface area (Å²) in [7, 11) is 0. The van der Waals surface area contributed by atoms with Crippen molar-refractivity contribution in [1.29, 1.82) is 0 Å². The van der Waals surface area contributed by atoms with Crippen LogP contribution in [0.2, 0.25) is 0 Å². The summed E-state index contributed by atoms with van der Waals surface area (Å²) in [5.74, 6) is 1.22. The smallest absolute Gasteiger partial charge is 0.188 e. The van der Waals surface area contributed by atoms with Gasteiger partial charge in [-0.05, 0) is 32.1 Å². The third-order valence-electron chi connectivity index (χ3n) is 3.15. The highest BCUT2D eigenvalue weighted by Crippen LogP contribution is 2.24. The van der Waals surface area contributed by atoms with E-state index in [0.717, 1.165) is 12.5 Å². The van der Waals surface area contributed by atoms with E-state index in [9.17, 15) is 5.11 Å². The number of hydrogen-bond donors (Lipinski definition) is 3. The number of nitrogens with two attached hydrogens (primary N) is 1. The summed E-state index contributed by atoms with van der Waals surface area (Å²) in [6.45, 7) is 5.00. The standard InChI is InChI=1S/C11H23N3O/c1-3-11(2,15)8-14-10(12)13-7-9-5-4-6-9/h9,15H,3-8H2,1-2H3,(H3,12,13,14). The van der Waals surface area contributed by atoms with Crippen molar-refractivity contribution < 1.29 is 5.11 Å². The fourth-order valence-electron chi connectivity index (χ4n) is 1.37. The Hall–Kier alpha value is -0.770. The molecule has 88 valence electrons. The highest BCUT2D eigenvalue weighted by Gasteiger charge is 2.18. The van der Waals surface area contributed by atoms with Crippen LogP contribution in [0.3, 0.4) is 0 Å². The topological polar surface area (TPSA) is 70.6 Å². The van der Waals surface area contributed by atoms with Gasteiger partial charge in [0.1, 0.15) is 0 Å². The average molecular weight is 213 g/mol. The number of guanidine groups is 1. The zero-order chi connectivity index (χ0) is 11.3. The summed E-state index contributed by atoms with van der Waals surface area (Å²) in [5, 5.41) is 12.8. The number of aliphatic imine (C=N–C) groups is 1. The first-order valence-electron chi connectivity index (χ1n) is 5.79. The van der Waals surface area contributed by atoms with Crippen molar-refractivity contribution in [2.45, 2.75) is 45.1 Å². The van der Waals surface area contributed by atoms with Gasteiger partial charge in [0.15, 0.2) is 5.96 Å². The molecular weight excluding hydrogens is 190 g/mol. The van der Waals surface area contributed by atoms with Gasteiger partial charge in [-0.2, -0.15) is 0 Å². The van der Waals surface area contributed by atoms with E-state index in [4.69, 9.17) is 5.73 Å². The predicted octanol–water partition coefficient (Wildman–Crippen LogP) is 0.852. The molecular formula is C11H23N3O. The van der Waals surface area contributed by atoms with Gasteiger partial charge >= 0.3 is 0 Å². The summed E-state index contributed by atoms with van der Waals surface area (Å²) in [6.07, 6.45) is 4.63. The monoisotopic (exact) mass is 213 g/mol. The van der Waals surface area contributed by atoms with Crippen LogP contribution < -0.4 is 11.1 Å². The lowest BCUT2D eigenvalue weighted by molar-refractivity contribution is 0.0657. The maximum atomic E-state index is 9.72. The van der Waals surface area contributed by atoms with Crippen LogP contribution in [-0.2, 0) is 0 Å². The van der Waals surface area contributed by atoms with Gasteiger partial charge in [-0.25, -0.2) is 0 Å². The van der Waals surface area contributed by atoms with E-state index in [2.05, 4.69) is 10.3 Å². The first-order chi connectivity index (χ1) is 7.03. The van der Waals surface area contributed by atoms with Crippen molar-refractivity contribution in [3.8, 4) is 0 Å². The Bertz CT molecular complexity index is 222. The molecule has 1 aliphatic carbocycles. The van der Waals surface area contributed by atoms with Crippen molar-refractivity contribution in [3.05, 3.63) is 0 Å². The molecule has 0 aliphatic heterocycles. The van der Waals surface area contributed by atoms with Crippen molar-refractivity contribution in [2.75, 3.05) is 13.1 Å². The third-order valence-corrected chi connectivity index (χ3v) is 3.15. The zero-order valence-corrected chi connectivity index (χ0v) is 9.79. The number of nitrogens with one attached hydrogen (secondary N) is 1. The Balaban J connectivity index is 2.19. The minimum absolute atomic E-state index is 0.368. The minimum Gasteiger partial charge on any atom is -0.388 e. The molecule has 0 radical (unpaired) electrons. The normalized spacial score (nSPS) is 21.9. The van der Waals surface area contributed by atoms with Crippen molar-refractivity contribution in [3.63, 3.8) is 0 Å². The van der Waals surface area contributed by atoms with E-state index < -0.39 is 5.60 Å². The molecule has 1 aliphatic rings. The largest absolute Gasteiger partial charge is 0.388 e. The van der Waals surface area contributed by atoms with Crippen LogP contribution in [-0.4, -0.2) is 29.8 Å². The molecule has 0 bridgehead atoms. The van der Waals surface area contributed by atoms with Gasteiger partial charge in [0.2, 0.25) is 0 Å². The number of rotatable bonds is 5. The Kier molecular flexibility index (Phi) is 4.39. The van der Waals surface area contributed by atoms with Crippen LogP contribution in [0.4, 0.5) is 0 Å². The number of hydrogen-bond acceptors (Lipinski definition) is 2. The van der Waals surface area contributed by atoms with Crippen LogP contribution in [0.1, 0.15) is 39.5 Å². The lowest BCUT2D eigenvalue weighted by Crippen LogP contribution is -2.38. The second-order valence-corrected chi connectivity index (χ2v) is 4.73. The summed E-state index contributed by atoms with van der Waals surface area (Å²) in [6, 6.07) is 0. The van der Waals surface area contributed by atoms with Gasteiger partial charge < -0.3 is 16.2 Å². The Morgan fingerprint density at radius 3 is 2.73 bits per heavy atom. The first kappa shape index (κ1) is 12.3. The minimum atomic E-state index is -0.733. The molecule has 0 spiro atoms. The number of nitrogens with zero attached hydrogens (tertiary/aromatic N) is 1. The Morgan fingerprint density at radius 2 is 2.27 bits per heavy atom. The summed E-state index contributed by atoms with van der Waals surface area (Å²) >= 11 is 0. The van der Waals surface area contributed by atoms with Gasteiger partial charge in [-0.1, -0.05) is 13.3 Å². The van der Waals surface area contributed by atoms with Gasteiger partial charge in [0, 0.05) is 6.54 Å². The van der Waals surface area contributed by atoms with E-state index in [0.29, 0.717) is 18.9 Å². The molecule has 0 heterocycles. The molecule has 1 rings (SSSR count). The average Bonchev–Trinajstić information content (AvgIpc) is 2.13. The van der Waals surface area contributed by atoms with Crippen LogP contribution in [0, 0.1) is 5.92 Å². The van der Waals surface area contributed by atoms with Gasteiger partial charge in [-0.15, -0.1) is 0 Å². The van der Waals surface area contributed by atoms with E-state index in [1.807, 2.05) is 6.92 Å². The predicted molar refractivity (Wildman–Crippen MR) is 62.7 cm³/mol. The van der Waals surface area contributed by atoms with Gasteiger partial charge in [0.05, 0.1) is 12.1 Å². The maximum absolute atomic E-state index is 9.72. The van der Waals surface area contributed by atoms with Gasteiger partial charge in [0.25, 0.3) is 0 Å². The molecule has 1 atom stereocenters. The van der Waals surface area contributed by atoms with Crippen LogP contribution in [0.5, 0.6) is 0 Å². The van der Waals surface area contributed by atoms with Gasteiger partial charge in [-0.3, -0.25) is 4.99 Å². The maximum Gasteiger partial charge on any atom is 0.188 e. The molecule has 1 unspecified atom stereocenters. The van der Waals surface area contributed by atoms with E-state index in [-0.39, 0.29) is 0 Å². The molecule has 0 aromatic carbocycles. The molecule has 0 saturated heterocycles. The molecule has 0 aromatic heterocycles. The van der Waals surface area contributed by atoms with E-state index >= 15 is 0 Å². The number of aliphatic hydroxyl groups is 1. The summed E-state index contributed by atoms with van der Waals surface area (Å²) < 4.78 is 0. The SMILES string of the molecule is CCC(C)(O)CN=C(N)NCC1CCC1. The van der Waals surface area contributed by atoms with Crippen molar-refractivity contribution >= 4 is 5.96 Å². The second kappa shape index (κ2) is 5.35. The van der Waals surface area contributed by atoms with E-state index in [1.165, 1.54) is 19.3 Å². The molecule has 0 amide bonds. The highest BCUT2D eigenvalue weighted by molar-refractivity contribution is 5.77. The zero-order valence-electron chi connectivity index (χ0n) is 9.79. The van der Waals surface area contributed by atoms with Crippen LogP contribution in [0.25, 0.3) is 0 Å². The second-order valence-electron chi connectivity index (χ2n) is 4.73. The quantitative estimate of drug-likeness (QED) is 0.468. The molecule has 1 fully saturated rings. The summed E-state index contributed by atoms with van der Waals surface area (Å²) in [4.78, 5) is 4.13. The fourth-order valence-corrected chi connectivity index (χ4v) is 1.37.